The van der Waals surface area contributed by atoms with Gasteiger partial charge in [-0.15, -0.1) is 10.2 Å². The molecule has 1 saturated heterocycles. The predicted molar refractivity (Wildman–Crippen MR) is 165 cm³/mol. The van der Waals surface area contributed by atoms with Gasteiger partial charge >= 0.3 is 5.91 Å². The number of carbonyl (C=O) groups is 2. The van der Waals surface area contributed by atoms with Crippen molar-refractivity contribution >= 4 is 45.7 Å². The first kappa shape index (κ1) is 28.5. The summed E-state index contributed by atoms with van der Waals surface area (Å²) >= 11 is 2.70. The highest BCUT2D eigenvalue weighted by molar-refractivity contribution is 8.00. The molecule has 3 aromatic carbocycles. The number of rotatable bonds is 9. The highest BCUT2D eigenvalue weighted by Crippen LogP contribution is 2.45. The fourth-order valence-corrected chi connectivity index (χ4v) is 6.63. The largest absolute Gasteiger partial charge is 0.507 e. The van der Waals surface area contributed by atoms with E-state index in [1.807, 2.05) is 6.92 Å². The molecule has 2 aliphatic rings. The first-order chi connectivity index (χ1) is 20.9. The Balaban J connectivity index is 1.39. The Bertz CT molecular complexity index is 1730. The standard InChI is InChI=1S/C32H27N3O6S2/c1-3-13-39-23-6-4-5-21(16-23)27-26(28(36)22-11-12-24-25(17-22)41-15-14-40-24)29(37)30(38)35(27)31-33-34-32(43-31)42-18-20-9-7-19(2)8-10-20/h3-12,16-17,27,36H,1,13-15,18H2,2H3/t27-/m1/s1. The summed E-state index contributed by atoms with van der Waals surface area (Å²) < 4.78 is 17.7. The topological polar surface area (TPSA) is 111 Å². The lowest BCUT2D eigenvalue weighted by atomic mass is 9.95. The van der Waals surface area contributed by atoms with Gasteiger partial charge in [0.25, 0.3) is 5.78 Å². The molecule has 11 heteroatoms. The minimum Gasteiger partial charge on any atom is -0.507 e. The number of nitrogens with zero attached hydrogens (tertiary/aromatic N) is 3. The molecule has 0 unspecified atom stereocenters. The maximum absolute atomic E-state index is 13.6. The third-order valence-corrected chi connectivity index (χ3v) is 9.01. The van der Waals surface area contributed by atoms with Crippen molar-refractivity contribution < 1.29 is 28.9 Å². The van der Waals surface area contributed by atoms with Crippen LogP contribution in [0.1, 0.15) is 28.3 Å². The van der Waals surface area contributed by atoms with Crippen LogP contribution in [0.2, 0.25) is 0 Å². The average molecular weight is 614 g/mol. The molecular formula is C32H27N3O6S2. The maximum Gasteiger partial charge on any atom is 0.301 e. The van der Waals surface area contributed by atoms with E-state index in [0.29, 0.717) is 51.7 Å². The van der Waals surface area contributed by atoms with Gasteiger partial charge in [0.05, 0.1) is 11.6 Å². The van der Waals surface area contributed by atoms with Crippen LogP contribution in [0.5, 0.6) is 17.2 Å². The predicted octanol–water partition coefficient (Wildman–Crippen LogP) is 6.10. The van der Waals surface area contributed by atoms with Crippen LogP contribution < -0.4 is 19.1 Å². The fraction of sp³-hybridized carbons (Fsp3) is 0.188. The normalized spacial score (nSPS) is 17.2. The zero-order valence-corrected chi connectivity index (χ0v) is 24.8. The van der Waals surface area contributed by atoms with E-state index >= 15 is 0 Å². The minimum absolute atomic E-state index is 0.0772. The van der Waals surface area contributed by atoms with Gasteiger partial charge in [0.1, 0.15) is 31.3 Å². The summed E-state index contributed by atoms with van der Waals surface area (Å²) in [5, 5.41) is 20.4. The third kappa shape index (κ3) is 5.86. The molecule has 218 valence electrons. The average Bonchev–Trinajstić information content (AvgIpc) is 3.61. The van der Waals surface area contributed by atoms with Gasteiger partial charge in [0, 0.05) is 11.3 Å². The highest BCUT2D eigenvalue weighted by Gasteiger charge is 2.48. The molecule has 1 atom stereocenters. The van der Waals surface area contributed by atoms with Gasteiger partial charge in [-0.05, 0) is 48.4 Å². The second-order valence-electron chi connectivity index (χ2n) is 9.82. The van der Waals surface area contributed by atoms with Crippen molar-refractivity contribution in [2.45, 2.75) is 23.1 Å². The number of hydrogen-bond donors (Lipinski definition) is 1. The number of amides is 1. The highest BCUT2D eigenvalue weighted by atomic mass is 32.2. The minimum atomic E-state index is -0.983. The molecule has 0 spiro atoms. The second kappa shape index (κ2) is 12.3. The van der Waals surface area contributed by atoms with Crippen molar-refractivity contribution in [2.75, 3.05) is 24.7 Å². The van der Waals surface area contributed by atoms with Crippen LogP contribution in [0.25, 0.3) is 5.76 Å². The Morgan fingerprint density at radius 2 is 1.88 bits per heavy atom. The summed E-state index contributed by atoms with van der Waals surface area (Å²) in [6.07, 6.45) is 1.62. The van der Waals surface area contributed by atoms with Crippen LogP contribution in [0, 0.1) is 6.92 Å². The van der Waals surface area contributed by atoms with Crippen LogP contribution in [0.4, 0.5) is 5.13 Å². The number of carbonyl (C=O) groups excluding carboxylic acids is 2. The fourth-order valence-electron chi connectivity index (χ4n) is 4.81. The third-order valence-electron chi connectivity index (χ3n) is 6.89. The lowest BCUT2D eigenvalue weighted by molar-refractivity contribution is -0.132. The van der Waals surface area contributed by atoms with Crippen molar-refractivity contribution in [2.24, 2.45) is 0 Å². The van der Waals surface area contributed by atoms with Gasteiger partial charge < -0.3 is 19.3 Å². The van der Waals surface area contributed by atoms with Gasteiger partial charge in [-0.1, -0.05) is 77.7 Å². The number of thioether (sulfide) groups is 1. The molecule has 1 fully saturated rings. The zero-order chi connectivity index (χ0) is 29.9. The number of ketones is 1. The van der Waals surface area contributed by atoms with Gasteiger partial charge in [-0.25, -0.2) is 0 Å². The molecule has 1 aromatic heterocycles. The Kier molecular flexibility index (Phi) is 8.17. The van der Waals surface area contributed by atoms with E-state index in [-0.39, 0.29) is 23.1 Å². The molecule has 9 nitrogen and oxygen atoms in total. The lowest BCUT2D eigenvalue weighted by Gasteiger charge is -2.23. The number of anilines is 1. The number of aromatic nitrogens is 2. The second-order valence-corrected chi connectivity index (χ2v) is 12.0. The van der Waals surface area contributed by atoms with Crippen LogP contribution in [-0.4, -0.2) is 46.8 Å². The summed E-state index contributed by atoms with van der Waals surface area (Å²) in [4.78, 5) is 28.5. The molecule has 1 N–H and O–H groups in total. The van der Waals surface area contributed by atoms with Crippen LogP contribution in [-0.2, 0) is 15.3 Å². The van der Waals surface area contributed by atoms with E-state index < -0.39 is 17.7 Å². The van der Waals surface area contributed by atoms with Crippen LogP contribution in [0.3, 0.4) is 0 Å². The summed E-state index contributed by atoms with van der Waals surface area (Å²) in [5.41, 5.74) is 3.11. The number of fused-ring (bicyclic) bond motifs is 1. The number of aryl methyl sites for hydroxylation is 1. The SMILES string of the molecule is C=CCOc1cccc([C@@H]2C(=C(O)c3ccc4c(c3)OCCO4)C(=O)C(=O)N2c2nnc(SCc3ccc(C)cc3)s2)c1. The smallest absolute Gasteiger partial charge is 0.301 e. The lowest BCUT2D eigenvalue weighted by Crippen LogP contribution is -2.29. The molecule has 0 saturated carbocycles. The molecule has 43 heavy (non-hydrogen) atoms. The van der Waals surface area contributed by atoms with E-state index in [2.05, 4.69) is 41.0 Å². The van der Waals surface area contributed by atoms with E-state index in [1.54, 1.807) is 48.5 Å². The molecular weight excluding hydrogens is 587 g/mol. The molecule has 0 bridgehead atoms. The van der Waals surface area contributed by atoms with Crippen molar-refractivity contribution in [3.05, 3.63) is 107 Å². The Hall–Kier alpha value is -4.61. The Labute approximate surface area is 256 Å². The summed E-state index contributed by atoms with van der Waals surface area (Å²) in [7, 11) is 0. The van der Waals surface area contributed by atoms with E-state index in [0.717, 1.165) is 5.56 Å². The molecule has 3 heterocycles. The van der Waals surface area contributed by atoms with Crippen molar-refractivity contribution in [3.63, 3.8) is 0 Å². The van der Waals surface area contributed by atoms with Crippen LogP contribution in [0.15, 0.2) is 89.3 Å². The summed E-state index contributed by atoms with van der Waals surface area (Å²) in [6.45, 7) is 6.78. The number of hydrogen-bond acceptors (Lipinski definition) is 10. The number of aliphatic hydroxyl groups is 1. The molecule has 4 aromatic rings. The Morgan fingerprint density at radius 1 is 1.09 bits per heavy atom. The molecule has 0 radical (unpaired) electrons. The van der Waals surface area contributed by atoms with Crippen LogP contribution >= 0.6 is 23.1 Å². The first-order valence-electron chi connectivity index (χ1n) is 13.5. The maximum atomic E-state index is 13.6. The van der Waals surface area contributed by atoms with Gasteiger partial charge in [0.2, 0.25) is 5.13 Å². The first-order valence-corrected chi connectivity index (χ1v) is 15.3. The Morgan fingerprint density at radius 3 is 2.67 bits per heavy atom. The quantitative estimate of drug-likeness (QED) is 0.0598. The number of aliphatic hydroxyl groups excluding tert-OH is 1. The van der Waals surface area contributed by atoms with Gasteiger partial charge in [0.15, 0.2) is 15.8 Å². The monoisotopic (exact) mass is 613 g/mol. The number of ether oxygens (including phenoxy) is 3. The van der Waals surface area contributed by atoms with E-state index in [4.69, 9.17) is 14.2 Å². The summed E-state index contributed by atoms with van der Waals surface area (Å²) in [5.74, 6) is 0.195. The van der Waals surface area contributed by atoms with Crippen molar-refractivity contribution in [1.82, 2.24) is 10.2 Å². The van der Waals surface area contributed by atoms with E-state index in [1.165, 1.54) is 33.6 Å². The zero-order valence-electron chi connectivity index (χ0n) is 23.2. The van der Waals surface area contributed by atoms with E-state index in [9.17, 15) is 14.7 Å². The number of Topliss-reactive ketones (excluding diaryl/α,β-unsaturated/α-hetero) is 1. The van der Waals surface area contributed by atoms with Gasteiger partial charge in [-0.2, -0.15) is 0 Å². The molecule has 2 aliphatic heterocycles. The molecule has 1 amide bonds. The molecule has 6 rings (SSSR count). The van der Waals surface area contributed by atoms with Gasteiger partial charge in [-0.3, -0.25) is 14.5 Å². The summed E-state index contributed by atoms with van der Waals surface area (Å²) in [6, 6.07) is 19.2. The van der Waals surface area contributed by atoms with Crippen molar-refractivity contribution in [1.29, 1.82) is 0 Å². The molecule has 0 aliphatic carbocycles. The number of benzene rings is 3. The van der Waals surface area contributed by atoms with Crippen molar-refractivity contribution in [3.8, 4) is 17.2 Å².